The monoisotopic (exact) mass is 214 g/mol. The summed E-state index contributed by atoms with van der Waals surface area (Å²) in [6, 6.07) is 4.72. The van der Waals surface area contributed by atoms with Crippen LogP contribution in [0, 0.1) is 13.8 Å². The summed E-state index contributed by atoms with van der Waals surface area (Å²) >= 11 is 0. The van der Waals surface area contributed by atoms with E-state index < -0.39 is 11.5 Å². The van der Waals surface area contributed by atoms with Crippen LogP contribution < -0.4 is 0 Å². The van der Waals surface area contributed by atoms with E-state index in [1.807, 2.05) is 0 Å². The third-order valence-corrected chi connectivity index (χ3v) is 2.71. The fraction of sp³-hybridized carbons (Fsp3) is 0.500. The van der Waals surface area contributed by atoms with Crippen molar-refractivity contribution in [2.75, 3.05) is 0 Å². The number of halogens is 2. The Morgan fingerprint density at radius 1 is 1.13 bits per heavy atom. The molecule has 0 saturated carbocycles. The van der Waals surface area contributed by atoms with Crippen molar-refractivity contribution in [1.82, 2.24) is 0 Å². The summed E-state index contributed by atoms with van der Waals surface area (Å²) in [7, 11) is 0. The zero-order valence-electron chi connectivity index (χ0n) is 9.44. The Morgan fingerprint density at radius 2 is 1.67 bits per heavy atom. The molecule has 0 fully saturated rings. The minimum Gasteiger partial charge on any atom is -0.384 e. The molecule has 1 rings (SSSR count). The van der Waals surface area contributed by atoms with Gasteiger partial charge in [0.15, 0.2) is 0 Å². The van der Waals surface area contributed by atoms with E-state index in [-0.39, 0.29) is 5.56 Å². The second kappa shape index (κ2) is 3.56. The molecule has 0 aliphatic carbocycles. The van der Waals surface area contributed by atoms with Gasteiger partial charge in [-0.1, -0.05) is 18.2 Å². The molecule has 0 aliphatic rings. The van der Waals surface area contributed by atoms with Gasteiger partial charge >= 0.3 is 5.92 Å². The van der Waals surface area contributed by atoms with Crippen LogP contribution in [0.3, 0.4) is 0 Å². The third kappa shape index (κ3) is 2.02. The molecule has 0 spiro atoms. The Hall–Kier alpha value is -0.960. The van der Waals surface area contributed by atoms with Gasteiger partial charge in [-0.3, -0.25) is 0 Å². The van der Waals surface area contributed by atoms with Gasteiger partial charge in [-0.2, -0.15) is 8.78 Å². The van der Waals surface area contributed by atoms with Crippen molar-refractivity contribution in [1.29, 1.82) is 0 Å². The van der Waals surface area contributed by atoms with Crippen LogP contribution in [0.2, 0.25) is 0 Å². The molecule has 1 aromatic rings. The van der Waals surface area contributed by atoms with Gasteiger partial charge in [0, 0.05) is 5.56 Å². The number of benzene rings is 1. The molecule has 0 aromatic heterocycles. The predicted octanol–water partition coefficient (Wildman–Crippen LogP) is 3.17. The van der Waals surface area contributed by atoms with Gasteiger partial charge in [0.2, 0.25) is 0 Å². The maximum absolute atomic E-state index is 13.9. The summed E-state index contributed by atoms with van der Waals surface area (Å²) < 4.78 is 27.7. The number of hydrogen-bond acceptors (Lipinski definition) is 1. The Morgan fingerprint density at radius 3 is 2.13 bits per heavy atom. The van der Waals surface area contributed by atoms with E-state index in [2.05, 4.69) is 0 Å². The summed E-state index contributed by atoms with van der Waals surface area (Å²) in [5.41, 5.74) is -0.818. The summed E-state index contributed by atoms with van der Waals surface area (Å²) in [4.78, 5) is 0. The van der Waals surface area contributed by atoms with E-state index >= 15 is 0 Å². The van der Waals surface area contributed by atoms with E-state index in [1.165, 1.54) is 6.07 Å². The van der Waals surface area contributed by atoms with Crippen LogP contribution in [0.15, 0.2) is 18.2 Å². The fourth-order valence-corrected chi connectivity index (χ4v) is 1.42. The predicted molar refractivity (Wildman–Crippen MR) is 56.1 cm³/mol. The Labute approximate surface area is 88.7 Å². The molecular weight excluding hydrogens is 198 g/mol. The first-order valence-corrected chi connectivity index (χ1v) is 4.85. The Bertz CT molecular complexity index is 364. The topological polar surface area (TPSA) is 20.2 Å². The lowest BCUT2D eigenvalue weighted by molar-refractivity contribution is -0.168. The van der Waals surface area contributed by atoms with Crippen LogP contribution in [0.25, 0.3) is 0 Å². The quantitative estimate of drug-likeness (QED) is 0.801. The molecule has 0 aliphatic heterocycles. The van der Waals surface area contributed by atoms with Gasteiger partial charge in [-0.15, -0.1) is 0 Å². The summed E-state index contributed by atoms with van der Waals surface area (Å²) in [5, 5.41) is 9.46. The smallest absolute Gasteiger partial charge is 0.300 e. The fourth-order valence-electron chi connectivity index (χ4n) is 1.42. The largest absolute Gasteiger partial charge is 0.384 e. The van der Waals surface area contributed by atoms with Crippen molar-refractivity contribution in [2.45, 2.75) is 39.2 Å². The molecular formula is C12H16F2O. The molecule has 15 heavy (non-hydrogen) atoms. The second-order valence-corrected chi connectivity index (χ2v) is 4.38. The number of aryl methyl sites for hydroxylation is 1. The highest BCUT2D eigenvalue weighted by atomic mass is 19.3. The Kier molecular flexibility index (Phi) is 2.88. The lowest BCUT2D eigenvalue weighted by Gasteiger charge is -2.30. The Balaban J connectivity index is 3.34. The number of rotatable bonds is 2. The maximum atomic E-state index is 13.9. The molecule has 0 saturated heterocycles. The van der Waals surface area contributed by atoms with Crippen molar-refractivity contribution >= 4 is 0 Å². The van der Waals surface area contributed by atoms with Gasteiger partial charge < -0.3 is 5.11 Å². The van der Waals surface area contributed by atoms with E-state index in [4.69, 9.17) is 0 Å². The molecule has 84 valence electrons. The number of hydrogen-bond donors (Lipinski definition) is 1. The molecule has 0 bridgehead atoms. The van der Waals surface area contributed by atoms with Gasteiger partial charge in [0.25, 0.3) is 0 Å². The van der Waals surface area contributed by atoms with E-state index in [9.17, 15) is 13.9 Å². The average Bonchev–Trinajstić information content (AvgIpc) is 2.07. The molecule has 1 N–H and O–H groups in total. The van der Waals surface area contributed by atoms with Crippen LogP contribution in [0.1, 0.15) is 30.5 Å². The molecule has 0 radical (unpaired) electrons. The maximum Gasteiger partial charge on any atom is 0.300 e. The third-order valence-electron chi connectivity index (χ3n) is 2.71. The van der Waals surface area contributed by atoms with Crippen LogP contribution in [-0.2, 0) is 5.92 Å². The number of alkyl halides is 2. The first-order valence-electron chi connectivity index (χ1n) is 4.85. The normalized spacial score (nSPS) is 13.0. The standard InChI is InChI=1S/C12H16F2O/c1-8-6-5-7-10(9(8)2)12(13,14)11(3,4)15/h5-7,15H,1-4H3. The molecule has 3 heteroatoms. The van der Waals surface area contributed by atoms with Crippen molar-refractivity contribution in [3.05, 3.63) is 34.9 Å². The first-order chi connectivity index (χ1) is 6.68. The zero-order chi connectivity index (χ0) is 11.9. The van der Waals surface area contributed by atoms with E-state index in [0.29, 0.717) is 5.56 Å². The highest BCUT2D eigenvalue weighted by Crippen LogP contribution is 2.40. The SMILES string of the molecule is Cc1cccc(C(F)(F)C(C)(C)O)c1C. The first kappa shape index (κ1) is 12.1. The van der Waals surface area contributed by atoms with Crippen molar-refractivity contribution in [2.24, 2.45) is 0 Å². The number of aliphatic hydroxyl groups is 1. The van der Waals surface area contributed by atoms with Crippen LogP contribution in [0.4, 0.5) is 8.78 Å². The summed E-state index contributed by atoms with van der Waals surface area (Å²) in [5.74, 6) is -3.23. The lowest BCUT2D eigenvalue weighted by Crippen LogP contribution is -2.40. The lowest BCUT2D eigenvalue weighted by atomic mass is 9.89. The molecule has 0 atom stereocenters. The average molecular weight is 214 g/mol. The minimum atomic E-state index is -3.23. The van der Waals surface area contributed by atoms with Gasteiger partial charge in [-0.25, -0.2) is 0 Å². The highest BCUT2D eigenvalue weighted by molar-refractivity contribution is 5.37. The van der Waals surface area contributed by atoms with Crippen molar-refractivity contribution in [3.63, 3.8) is 0 Å². The van der Waals surface area contributed by atoms with E-state index in [1.54, 1.807) is 26.0 Å². The van der Waals surface area contributed by atoms with Gasteiger partial charge in [-0.05, 0) is 38.8 Å². The minimum absolute atomic E-state index is 0.102. The highest BCUT2D eigenvalue weighted by Gasteiger charge is 2.47. The van der Waals surface area contributed by atoms with Crippen molar-refractivity contribution in [3.8, 4) is 0 Å². The molecule has 0 heterocycles. The zero-order valence-corrected chi connectivity index (χ0v) is 9.44. The molecule has 1 nitrogen and oxygen atoms in total. The van der Waals surface area contributed by atoms with Crippen LogP contribution >= 0.6 is 0 Å². The van der Waals surface area contributed by atoms with E-state index in [0.717, 1.165) is 19.4 Å². The molecule has 0 amide bonds. The van der Waals surface area contributed by atoms with Crippen molar-refractivity contribution < 1.29 is 13.9 Å². The second-order valence-electron chi connectivity index (χ2n) is 4.38. The molecule has 1 aromatic carbocycles. The summed E-state index contributed by atoms with van der Waals surface area (Å²) in [6.45, 7) is 5.66. The van der Waals surface area contributed by atoms with Gasteiger partial charge in [0.1, 0.15) is 5.60 Å². The summed E-state index contributed by atoms with van der Waals surface area (Å²) in [6.07, 6.45) is 0. The van der Waals surface area contributed by atoms with Crippen LogP contribution in [0.5, 0.6) is 0 Å². The van der Waals surface area contributed by atoms with Crippen LogP contribution in [-0.4, -0.2) is 10.7 Å². The van der Waals surface area contributed by atoms with Gasteiger partial charge in [0.05, 0.1) is 0 Å². The molecule has 0 unspecified atom stereocenters.